The summed E-state index contributed by atoms with van der Waals surface area (Å²) in [5, 5.41) is 14.3. The van der Waals surface area contributed by atoms with Gasteiger partial charge >= 0.3 is 24.7 Å². The second kappa shape index (κ2) is 10.5. The molecule has 16 heteroatoms. The normalized spacial score (nSPS) is 14.7. The molecule has 2 aromatic rings. The first kappa shape index (κ1) is 31.1. The van der Waals surface area contributed by atoms with Crippen molar-refractivity contribution in [1.29, 1.82) is 0 Å². The first-order valence-electron chi connectivity index (χ1n) is 10.4. The first-order chi connectivity index (χ1) is 17.1. The number of alkyl halides is 12. The zero-order valence-corrected chi connectivity index (χ0v) is 19.0. The molecule has 1 atom stereocenters. The van der Waals surface area contributed by atoms with Crippen LogP contribution in [0.25, 0.3) is 0 Å². The number of hydrogen-bond donors (Lipinski definition) is 3. The van der Waals surface area contributed by atoms with Gasteiger partial charge in [0.2, 0.25) is 11.5 Å². The maximum absolute atomic E-state index is 13.8. The van der Waals surface area contributed by atoms with Gasteiger partial charge in [-0.1, -0.05) is 13.0 Å². The summed E-state index contributed by atoms with van der Waals surface area (Å²) in [7, 11) is 0. The van der Waals surface area contributed by atoms with Gasteiger partial charge in [-0.25, -0.2) is 0 Å². The van der Waals surface area contributed by atoms with Gasteiger partial charge < -0.3 is 15.7 Å². The Morgan fingerprint density at radius 3 is 1.68 bits per heavy atom. The minimum Gasteiger partial charge on any atom is -0.381 e. The largest absolute Gasteiger partial charge is 0.423 e. The fraction of sp³-hybridized carbons (Fsp3) is 0.409. The van der Waals surface area contributed by atoms with Crippen LogP contribution in [0.4, 0.5) is 58.4 Å². The molecular formula is C22H18F12N2O2. The summed E-state index contributed by atoms with van der Waals surface area (Å²) < 4.78 is 161. The van der Waals surface area contributed by atoms with Crippen LogP contribution in [0.1, 0.15) is 41.2 Å². The molecule has 2 aromatic carbocycles. The summed E-state index contributed by atoms with van der Waals surface area (Å²) >= 11 is 0. The molecule has 0 fully saturated rings. The van der Waals surface area contributed by atoms with Crippen LogP contribution in [0.15, 0.2) is 36.4 Å². The van der Waals surface area contributed by atoms with Gasteiger partial charge in [-0.2, -0.15) is 52.7 Å². The molecule has 0 aliphatic carbocycles. The van der Waals surface area contributed by atoms with Crippen molar-refractivity contribution >= 4 is 11.6 Å². The fourth-order valence-electron chi connectivity index (χ4n) is 3.21. The van der Waals surface area contributed by atoms with Crippen LogP contribution in [0, 0.1) is 0 Å². The molecule has 2 rings (SSSR count). The Kier molecular flexibility index (Phi) is 8.61. The van der Waals surface area contributed by atoms with Gasteiger partial charge in [0.25, 0.3) is 0 Å². The Balaban J connectivity index is 2.54. The van der Waals surface area contributed by atoms with E-state index in [0.29, 0.717) is 6.07 Å². The zero-order chi connectivity index (χ0) is 29.3. The summed E-state index contributed by atoms with van der Waals surface area (Å²) in [6.07, 6.45) is -22.0. The maximum atomic E-state index is 13.8. The van der Waals surface area contributed by atoms with E-state index in [1.54, 1.807) is 5.32 Å². The lowest BCUT2D eigenvalue weighted by molar-refractivity contribution is -0.261. The van der Waals surface area contributed by atoms with Crippen LogP contribution >= 0.6 is 0 Å². The molecule has 0 aliphatic heterocycles. The van der Waals surface area contributed by atoms with Crippen molar-refractivity contribution in [3.8, 4) is 0 Å². The molecule has 0 spiro atoms. The molecule has 3 N–H and O–H groups in total. The standard InChI is InChI=1S/C22H18F12N2O2/c1-2-17(37)35-9-11-3-4-15(8-16(11)21(29,30)31)36-10-18(38,22(32,33)34)12-5-13(19(23,24)25)7-14(6-12)20(26,27)28/h3-8,36,38H,2,9-10H2,1H3,(H,35,37)/t18-/m1/s1. The van der Waals surface area contributed by atoms with E-state index in [9.17, 15) is 62.6 Å². The lowest BCUT2D eigenvalue weighted by atomic mass is 9.89. The Bertz CT molecular complexity index is 1120. The van der Waals surface area contributed by atoms with E-state index < -0.39 is 88.9 Å². The minimum atomic E-state index is -5.87. The van der Waals surface area contributed by atoms with E-state index in [1.165, 1.54) is 6.92 Å². The van der Waals surface area contributed by atoms with E-state index in [-0.39, 0.29) is 18.6 Å². The van der Waals surface area contributed by atoms with E-state index in [0.717, 1.165) is 12.1 Å². The number of benzene rings is 2. The highest BCUT2D eigenvalue weighted by molar-refractivity contribution is 5.75. The number of hydrogen-bond acceptors (Lipinski definition) is 3. The van der Waals surface area contributed by atoms with Gasteiger partial charge in [-0.05, 0) is 41.5 Å². The lowest BCUT2D eigenvalue weighted by Crippen LogP contribution is -2.48. The molecule has 0 saturated carbocycles. The number of rotatable bonds is 7. The Hall–Kier alpha value is -3.17. The molecule has 0 aliphatic rings. The second-order valence-corrected chi connectivity index (χ2v) is 8.01. The van der Waals surface area contributed by atoms with Gasteiger partial charge in [0.1, 0.15) is 0 Å². The van der Waals surface area contributed by atoms with Crippen LogP contribution in [0.2, 0.25) is 0 Å². The highest BCUT2D eigenvalue weighted by Gasteiger charge is 2.56. The quantitative estimate of drug-likeness (QED) is 0.328. The zero-order valence-electron chi connectivity index (χ0n) is 19.0. The average molecular weight is 570 g/mol. The highest BCUT2D eigenvalue weighted by Crippen LogP contribution is 2.44. The van der Waals surface area contributed by atoms with Crippen LogP contribution in [0.5, 0.6) is 0 Å². The molecule has 4 nitrogen and oxygen atoms in total. The van der Waals surface area contributed by atoms with Crippen molar-refractivity contribution < 1.29 is 62.6 Å². The van der Waals surface area contributed by atoms with Crippen LogP contribution in [-0.2, 0) is 35.5 Å². The molecule has 0 unspecified atom stereocenters. The summed E-state index contributed by atoms with van der Waals surface area (Å²) in [6, 6.07) is 0.833. The summed E-state index contributed by atoms with van der Waals surface area (Å²) in [5.74, 6) is -0.602. The number of anilines is 1. The Labute approximate surface area is 206 Å². The molecular weight excluding hydrogens is 552 g/mol. The van der Waals surface area contributed by atoms with Crippen LogP contribution < -0.4 is 10.6 Å². The molecule has 0 aromatic heterocycles. The number of aliphatic hydroxyl groups is 1. The van der Waals surface area contributed by atoms with Gasteiger partial charge in [0.05, 0.1) is 23.2 Å². The molecule has 0 bridgehead atoms. The van der Waals surface area contributed by atoms with E-state index in [1.807, 2.05) is 0 Å². The summed E-state index contributed by atoms with van der Waals surface area (Å²) in [4.78, 5) is 11.3. The predicted octanol–water partition coefficient (Wildman–Crippen LogP) is 6.63. The van der Waals surface area contributed by atoms with Crippen LogP contribution in [0.3, 0.4) is 0 Å². The van der Waals surface area contributed by atoms with Crippen molar-refractivity contribution in [1.82, 2.24) is 5.32 Å². The lowest BCUT2D eigenvalue weighted by Gasteiger charge is -2.32. The van der Waals surface area contributed by atoms with Gasteiger partial charge in [-0.3, -0.25) is 4.79 Å². The van der Waals surface area contributed by atoms with Crippen molar-refractivity contribution in [2.24, 2.45) is 0 Å². The topological polar surface area (TPSA) is 61.4 Å². The number of halogens is 12. The molecule has 1 amide bonds. The Morgan fingerprint density at radius 2 is 1.26 bits per heavy atom. The van der Waals surface area contributed by atoms with Crippen molar-refractivity contribution in [2.45, 2.75) is 50.2 Å². The monoisotopic (exact) mass is 570 g/mol. The smallest absolute Gasteiger partial charge is 0.381 e. The fourth-order valence-corrected chi connectivity index (χ4v) is 3.21. The number of carbonyl (C=O) groups excluding carboxylic acids is 1. The number of carbonyl (C=O) groups is 1. The van der Waals surface area contributed by atoms with Gasteiger partial charge in [-0.15, -0.1) is 0 Å². The summed E-state index contributed by atoms with van der Waals surface area (Å²) in [5.41, 5.74) is -13.1. The van der Waals surface area contributed by atoms with Gasteiger partial charge in [0.15, 0.2) is 0 Å². The molecule has 0 heterocycles. The van der Waals surface area contributed by atoms with Crippen molar-refractivity contribution in [3.05, 3.63) is 64.2 Å². The minimum absolute atomic E-state index is 0.0530. The maximum Gasteiger partial charge on any atom is 0.423 e. The SMILES string of the molecule is CCC(=O)NCc1ccc(NC[C@@](O)(c2cc(C(F)(F)F)cc(C(F)(F)F)c2)C(F)(F)F)cc1C(F)(F)F. The highest BCUT2D eigenvalue weighted by atomic mass is 19.4. The van der Waals surface area contributed by atoms with E-state index >= 15 is 0 Å². The molecule has 212 valence electrons. The first-order valence-corrected chi connectivity index (χ1v) is 10.4. The van der Waals surface area contributed by atoms with E-state index in [2.05, 4.69) is 5.32 Å². The number of nitrogens with one attached hydrogen (secondary N) is 2. The third-order valence-electron chi connectivity index (χ3n) is 5.29. The summed E-state index contributed by atoms with van der Waals surface area (Å²) in [6.45, 7) is -1.02. The predicted molar refractivity (Wildman–Crippen MR) is 108 cm³/mol. The van der Waals surface area contributed by atoms with Crippen molar-refractivity contribution in [2.75, 3.05) is 11.9 Å². The second-order valence-electron chi connectivity index (χ2n) is 8.01. The van der Waals surface area contributed by atoms with E-state index in [4.69, 9.17) is 0 Å². The molecule has 38 heavy (non-hydrogen) atoms. The Morgan fingerprint density at radius 1 is 0.763 bits per heavy atom. The third kappa shape index (κ3) is 7.23. The molecule has 0 saturated heterocycles. The molecule has 0 radical (unpaired) electrons. The van der Waals surface area contributed by atoms with Crippen molar-refractivity contribution in [3.63, 3.8) is 0 Å². The average Bonchev–Trinajstić information content (AvgIpc) is 2.78. The van der Waals surface area contributed by atoms with Crippen LogP contribution in [-0.4, -0.2) is 23.7 Å². The van der Waals surface area contributed by atoms with Gasteiger partial charge in [0, 0.05) is 18.7 Å². The third-order valence-corrected chi connectivity index (χ3v) is 5.29. The number of amides is 1.